The summed E-state index contributed by atoms with van der Waals surface area (Å²) in [4.78, 5) is 0. The fraction of sp³-hybridized carbons (Fsp3) is 1.00. The second-order valence-electron chi connectivity index (χ2n) is 5.62. The van der Waals surface area contributed by atoms with Gasteiger partial charge in [-0.15, -0.1) is 12.4 Å². The third kappa shape index (κ3) is 4.54. The Labute approximate surface area is 128 Å². The van der Waals surface area contributed by atoms with E-state index in [1.165, 1.54) is 0 Å². The first-order valence-electron chi connectivity index (χ1n) is 7.02. The van der Waals surface area contributed by atoms with Gasteiger partial charge in [-0.2, -0.15) is 12.7 Å². The molecule has 2 fully saturated rings. The van der Waals surface area contributed by atoms with Crippen molar-refractivity contribution in [1.82, 2.24) is 14.3 Å². The van der Waals surface area contributed by atoms with Gasteiger partial charge in [-0.05, 0) is 38.8 Å². The molecule has 2 aliphatic heterocycles. The van der Waals surface area contributed by atoms with E-state index in [0.29, 0.717) is 26.2 Å². The molecule has 2 heterocycles. The third-order valence-electron chi connectivity index (χ3n) is 4.15. The van der Waals surface area contributed by atoms with Crippen molar-refractivity contribution < 1.29 is 13.2 Å². The third-order valence-corrected chi connectivity index (χ3v) is 5.70. The number of nitrogens with zero attached hydrogens (tertiary/aromatic N) is 1. The van der Waals surface area contributed by atoms with Gasteiger partial charge in [0.1, 0.15) is 0 Å². The van der Waals surface area contributed by atoms with Gasteiger partial charge in [0.25, 0.3) is 10.2 Å². The van der Waals surface area contributed by atoms with Gasteiger partial charge in [-0.25, -0.2) is 4.72 Å². The van der Waals surface area contributed by atoms with E-state index in [-0.39, 0.29) is 17.8 Å². The van der Waals surface area contributed by atoms with E-state index in [9.17, 15) is 8.42 Å². The van der Waals surface area contributed by atoms with Crippen LogP contribution in [0.5, 0.6) is 0 Å². The lowest BCUT2D eigenvalue weighted by Gasteiger charge is -2.37. The summed E-state index contributed by atoms with van der Waals surface area (Å²) in [7, 11) is -1.63. The van der Waals surface area contributed by atoms with Crippen LogP contribution in [0.25, 0.3) is 0 Å². The van der Waals surface area contributed by atoms with E-state index in [4.69, 9.17) is 4.74 Å². The van der Waals surface area contributed by atoms with Gasteiger partial charge in [0.15, 0.2) is 0 Å². The molecule has 2 aliphatic rings. The van der Waals surface area contributed by atoms with Gasteiger partial charge < -0.3 is 10.1 Å². The number of halogens is 1. The average molecular weight is 328 g/mol. The van der Waals surface area contributed by atoms with Crippen LogP contribution in [0.3, 0.4) is 0 Å². The smallest absolute Gasteiger partial charge is 0.279 e. The summed E-state index contributed by atoms with van der Waals surface area (Å²) in [5.41, 5.74) is -0.0627. The molecule has 0 bridgehead atoms. The van der Waals surface area contributed by atoms with Crippen molar-refractivity contribution in [3.63, 3.8) is 0 Å². The van der Waals surface area contributed by atoms with Crippen molar-refractivity contribution in [2.24, 2.45) is 5.41 Å². The van der Waals surface area contributed by atoms with E-state index < -0.39 is 10.2 Å². The predicted molar refractivity (Wildman–Crippen MR) is 81.4 cm³/mol. The molecule has 2 rings (SSSR count). The summed E-state index contributed by atoms with van der Waals surface area (Å²) in [6, 6.07) is 0. The molecular formula is C12H26ClN3O3S. The van der Waals surface area contributed by atoms with Gasteiger partial charge in [-0.3, -0.25) is 0 Å². The number of hydrogen-bond acceptors (Lipinski definition) is 4. The minimum atomic E-state index is -3.31. The maximum atomic E-state index is 12.2. The van der Waals surface area contributed by atoms with Crippen LogP contribution in [-0.4, -0.2) is 59.2 Å². The van der Waals surface area contributed by atoms with Gasteiger partial charge in [0.05, 0.1) is 6.61 Å². The Balaban J connectivity index is 0.00000200. The topological polar surface area (TPSA) is 70.7 Å². The summed E-state index contributed by atoms with van der Waals surface area (Å²) in [6.07, 6.45) is 3.83. The normalized spacial score (nSPS) is 23.4. The zero-order valence-corrected chi connectivity index (χ0v) is 13.7. The maximum absolute atomic E-state index is 12.2. The van der Waals surface area contributed by atoms with E-state index in [2.05, 4.69) is 10.0 Å². The first kappa shape index (κ1) is 18.1. The summed E-state index contributed by atoms with van der Waals surface area (Å²) < 4.78 is 34.0. The van der Waals surface area contributed by atoms with Crippen molar-refractivity contribution in [2.75, 3.05) is 46.4 Å². The maximum Gasteiger partial charge on any atom is 0.279 e. The van der Waals surface area contributed by atoms with Crippen LogP contribution in [0.15, 0.2) is 0 Å². The molecule has 0 aromatic heterocycles. The molecule has 0 spiro atoms. The molecule has 0 saturated carbocycles. The Kier molecular flexibility index (Phi) is 7.17. The quantitative estimate of drug-likeness (QED) is 0.739. The molecule has 0 atom stereocenters. The molecule has 8 heteroatoms. The Bertz CT molecular complexity index is 374. The number of nitrogens with one attached hydrogen (secondary N) is 2. The second-order valence-corrected chi connectivity index (χ2v) is 7.37. The van der Waals surface area contributed by atoms with Crippen LogP contribution in [-0.2, 0) is 14.9 Å². The van der Waals surface area contributed by atoms with Crippen LogP contribution in [0, 0.1) is 5.41 Å². The minimum Gasteiger partial charge on any atom is -0.384 e. The predicted octanol–water partition coefficient (Wildman–Crippen LogP) is 0.355. The van der Waals surface area contributed by atoms with E-state index in [0.717, 1.165) is 38.8 Å². The molecule has 20 heavy (non-hydrogen) atoms. The number of piperidine rings is 1. The van der Waals surface area contributed by atoms with Crippen molar-refractivity contribution in [3.05, 3.63) is 0 Å². The highest BCUT2D eigenvalue weighted by Crippen LogP contribution is 2.28. The summed E-state index contributed by atoms with van der Waals surface area (Å²) in [6.45, 7) is 4.23. The molecule has 2 N–H and O–H groups in total. The van der Waals surface area contributed by atoms with Crippen molar-refractivity contribution in [1.29, 1.82) is 0 Å². The highest BCUT2D eigenvalue weighted by atomic mass is 35.5. The van der Waals surface area contributed by atoms with Crippen molar-refractivity contribution in [3.8, 4) is 0 Å². The van der Waals surface area contributed by atoms with Crippen molar-refractivity contribution >= 4 is 22.6 Å². The van der Waals surface area contributed by atoms with E-state index in [1.807, 2.05) is 0 Å². The zero-order valence-electron chi connectivity index (χ0n) is 12.1. The zero-order chi connectivity index (χ0) is 13.8. The summed E-state index contributed by atoms with van der Waals surface area (Å²) >= 11 is 0. The average Bonchev–Trinajstić information content (AvgIpc) is 2.93. The van der Waals surface area contributed by atoms with Crippen LogP contribution < -0.4 is 10.0 Å². The van der Waals surface area contributed by atoms with Crippen LogP contribution in [0.4, 0.5) is 0 Å². The van der Waals surface area contributed by atoms with Gasteiger partial charge in [0, 0.05) is 32.2 Å². The number of ether oxygens (including phenoxy) is 1. The summed E-state index contributed by atoms with van der Waals surface area (Å²) in [5, 5.41) is 3.31. The lowest BCUT2D eigenvalue weighted by Crippen LogP contribution is -2.49. The lowest BCUT2D eigenvalue weighted by molar-refractivity contribution is 0.0574. The number of hydrogen-bond donors (Lipinski definition) is 2. The molecule has 0 amide bonds. The highest BCUT2D eigenvalue weighted by molar-refractivity contribution is 7.87. The summed E-state index contributed by atoms with van der Waals surface area (Å²) in [5.74, 6) is 0. The SMILES string of the molecule is COCC1(CNS(=O)(=O)N2CCCC2)CCNCC1.Cl. The molecule has 0 aromatic carbocycles. The van der Waals surface area contributed by atoms with Gasteiger partial charge in [0.2, 0.25) is 0 Å². The number of rotatable bonds is 6. The fourth-order valence-corrected chi connectivity index (χ4v) is 4.31. The largest absolute Gasteiger partial charge is 0.384 e. The Hall–Kier alpha value is 0.0800. The highest BCUT2D eigenvalue weighted by Gasteiger charge is 2.35. The standard InChI is InChI=1S/C12H25N3O3S.ClH/c1-18-11-12(4-6-13-7-5-12)10-14-19(16,17)15-8-2-3-9-15;/h13-14H,2-11H2,1H3;1H. The van der Waals surface area contributed by atoms with Crippen LogP contribution >= 0.6 is 12.4 Å². The molecule has 0 unspecified atom stereocenters. The van der Waals surface area contributed by atoms with Crippen LogP contribution in [0.2, 0.25) is 0 Å². The molecule has 0 radical (unpaired) electrons. The first-order chi connectivity index (χ1) is 9.08. The Morgan fingerprint density at radius 2 is 1.85 bits per heavy atom. The van der Waals surface area contributed by atoms with E-state index >= 15 is 0 Å². The molecule has 0 aromatic rings. The lowest BCUT2D eigenvalue weighted by atomic mass is 9.80. The molecule has 2 saturated heterocycles. The van der Waals surface area contributed by atoms with E-state index in [1.54, 1.807) is 11.4 Å². The Morgan fingerprint density at radius 1 is 1.25 bits per heavy atom. The Morgan fingerprint density at radius 3 is 2.40 bits per heavy atom. The molecule has 120 valence electrons. The first-order valence-corrected chi connectivity index (χ1v) is 8.46. The van der Waals surface area contributed by atoms with Crippen LogP contribution in [0.1, 0.15) is 25.7 Å². The minimum absolute atomic E-state index is 0. The van der Waals surface area contributed by atoms with Gasteiger partial charge >= 0.3 is 0 Å². The monoisotopic (exact) mass is 327 g/mol. The second kappa shape index (κ2) is 7.91. The molecule has 6 nitrogen and oxygen atoms in total. The molecule has 0 aliphatic carbocycles. The van der Waals surface area contributed by atoms with Crippen molar-refractivity contribution in [2.45, 2.75) is 25.7 Å². The molecular weight excluding hydrogens is 302 g/mol. The van der Waals surface area contributed by atoms with Gasteiger partial charge in [-0.1, -0.05) is 0 Å². The fourth-order valence-electron chi connectivity index (χ4n) is 2.90. The number of methoxy groups -OCH3 is 1.